The molecule has 0 radical (unpaired) electrons. The van der Waals surface area contributed by atoms with E-state index in [1.54, 1.807) is 6.92 Å². The molecule has 0 rings (SSSR count). The van der Waals surface area contributed by atoms with Crippen LogP contribution in [0.3, 0.4) is 0 Å². The van der Waals surface area contributed by atoms with Crippen molar-refractivity contribution in [3.63, 3.8) is 0 Å². The molecular formula is C23H49NO13. The van der Waals surface area contributed by atoms with Gasteiger partial charge in [-0.15, -0.1) is 0 Å². The van der Waals surface area contributed by atoms with Crippen molar-refractivity contribution in [2.24, 2.45) is 0 Å². The van der Waals surface area contributed by atoms with Crippen molar-refractivity contribution in [2.75, 3.05) is 79.1 Å². The molecule has 14 nitrogen and oxygen atoms in total. The first kappa shape index (κ1) is 36.4. The fourth-order valence-electron chi connectivity index (χ4n) is 3.26. The van der Waals surface area contributed by atoms with Gasteiger partial charge < -0.3 is 64.9 Å². The largest absolute Gasteiger partial charge is 0.394 e. The highest BCUT2D eigenvalue weighted by atomic mass is 16.6. The molecule has 0 aromatic heterocycles. The molecule has 8 atom stereocenters. The lowest BCUT2D eigenvalue weighted by Gasteiger charge is -2.33. The molecular weight excluding hydrogens is 498 g/mol. The van der Waals surface area contributed by atoms with Gasteiger partial charge in [-0.2, -0.15) is 0 Å². The number of hydrogen-bond donors (Lipinski definition) is 9. The zero-order valence-corrected chi connectivity index (χ0v) is 21.9. The third-order valence-electron chi connectivity index (χ3n) is 5.64. The Morgan fingerprint density at radius 3 is 1.30 bits per heavy atom. The first-order valence-electron chi connectivity index (χ1n) is 12.7. The molecule has 0 aliphatic heterocycles. The first-order valence-corrected chi connectivity index (χ1v) is 12.7. The molecule has 0 bridgehead atoms. The highest BCUT2D eigenvalue weighted by Gasteiger charge is 2.34. The molecule has 9 N–H and O–H groups in total. The maximum atomic E-state index is 10.4. The fourth-order valence-corrected chi connectivity index (χ4v) is 3.26. The summed E-state index contributed by atoms with van der Waals surface area (Å²) >= 11 is 0. The maximum Gasteiger partial charge on any atom is 0.111 e. The molecule has 14 heteroatoms. The van der Waals surface area contributed by atoms with Gasteiger partial charge in [-0.25, -0.2) is 0 Å². The number of hydrogen-bond acceptors (Lipinski definition) is 14. The lowest BCUT2D eigenvalue weighted by atomic mass is 10.00. The second-order valence-corrected chi connectivity index (χ2v) is 8.62. The standard InChI is InChI=1S/C23H49NO13/c1-3-16(26)20(30)21(31)17(27)13-24(14-18(28)22(32)23(33)19(29)15-25)5-6-35-9-10-37-12-11-36-8-7-34-4-2/h16-23,25-33H,3-15H2,1-2H3/t16-,17+,18+,19-,20-,21-,22-,23-/m1/s1. The lowest BCUT2D eigenvalue weighted by Crippen LogP contribution is -2.53. The van der Waals surface area contributed by atoms with E-state index >= 15 is 0 Å². The van der Waals surface area contributed by atoms with E-state index in [9.17, 15) is 40.9 Å². The van der Waals surface area contributed by atoms with E-state index in [0.29, 0.717) is 39.6 Å². The third kappa shape index (κ3) is 16.2. The van der Waals surface area contributed by atoms with Crippen LogP contribution >= 0.6 is 0 Å². The number of rotatable bonds is 25. The van der Waals surface area contributed by atoms with Crippen LogP contribution in [0.25, 0.3) is 0 Å². The van der Waals surface area contributed by atoms with Crippen molar-refractivity contribution in [3.05, 3.63) is 0 Å². The van der Waals surface area contributed by atoms with Crippen LogP contribution in [0, 0.1) is 0 Å². The third-order valence-corrected chi connectivity index (χ3v) is 5.64. The van der Waals surface area contributed by atoms with Gasteiger partial charge >= 0.3 is 0 Å². The first-order chi connectivity index (χ1) is 17.6. The minimum atomic E-state index is -1.82. The van der Waals surface area contributed by atoms with E-state index in [1.807, 2.05) is 6.92 Å². The average Bonchev–Trinajstić information content (AvgIpc) is 2.90. The Morgan fingerprint density at radius 1 is 0.514 bits per heavy atom. The molecule has 0 spiro atoms. The average molecular weight is 548 g/mol. The van der Waals surface area contributed by atoms with Crippen molar-refractivity contribution in [1.82, 2.24) is 4.90 Å². The second kappa shape index (κ2) is 22.3. The molecule has 0 saturated carbocycles. The van der Waals surface area contributed by atoms with Crippen LogP contribution in [0.4, 0.5) is 0 Å². The van der Waals surface area contributed by atoms with Gasteiger partial charge in [-0.05, 0) is 13.3 Å². The smallest absolute Gasteiger partial charge is 0.111 e. The second-order valence-electron chi connectivity index (χ2n) is 8.62. The van der Waals surface area contributed by atoms with E-state index in [2.05, 4.69) is 0 Å². The normalized spacial score (nSPS) is 18.8. The molecule has 0 unspecified atom stereocenters. The Kier molecular flexibility index (Phi) is 21.9. The Balaban J connectivity index is 4.68. The predicted molar refractivity (Wildman–Crippen MR) is 131 cm³/mol. The predicted octanol–water partition coefficient (Wildman–Crippen LogP) is -4.34. The Labute approximate surface area is 218 Å². The molecule has 0 aromatic carbocycles. The highest BCUT2D eigenvalue weighted by molar-refractivity contribution is 4.86. The summed E-state index contributed by atoms with van der Waals surface area (Å²) in [7, 11) is 0. The Morgan fingerprint density at radius 2 is 0.892 bits per heavy atom. The van der Waals surface area contributed by atoms with Gasteiger partial charge in [-0.1, -0.05) is 6.92 Å². The summed E-state index contributed by atoms with van der Waals surface area (Å²) in [6.07, 6.45) is -12.8. The van der Waals surface area contributed by atoms with E-state index in [4.69, 9.17) is 24.1 Å². The summed E-state index contributed by atoms with van der Waals surface area (Å²) in [6.45, 7) is 5.26. The molecule has 0 heterocycles. The SMILES string of the molecule is CCOCCOCCOCCOCCN(C[C@H](O)[C@@H](O)[C@H](O)[C@H](O)CC)C[C@H](O)[C@@H](O)[C@H](O)[C@H](O)CO. The summed E-state index contributed by atoms with van der Waals surface area (Å²) in [6, 6.07) is 0. The van der Waals surface area contributed by atoms with Crippen LogP contribution < -0.4 is 0 Å². The van der Waals surface area contributed by atoms with Gasteiger partial charge in [0.15, 0.2) is 0 Å². The summed E-state index contributed by atoms with van der Waals surface area (Å²) in [5.41, 5.74) is 0. The zero-order chi connectivity index (χ0) is 28.2. The molecule has 0 aliphatic rings. The van der Waals surface area contributed by atoms with Crippen molar-refractivity contribution < 1.29 is 64.9 Å². The fraction of sp³-hybridized carbons (Fsp3) is 1.00. The van der Waals surface area contributed by atoms with Gasteiger partial charge in [0.25, 0.3) is 0 Å². The van der Waals surface area contributed by atoms with Crippen molar-refractivity contribution in [1.29, 1.82) is 0 Å². The van der Waals surface area contributed by atoms with Gasteiger partial charge in [-0.3, -0.25) is 4.90 Å². The number of aliphatic hydroxyl groups is 9. The van der Waals surface area contributed by atoms with Gasteiger partial charge in [0.05, 0.1) is 71.2 Å². The number of aliphatic hydroxyl groups excluding tert-OH is 9. The summed E-state index contributed by atoms with van der Waals surface area (Å²) < 4.78 is 21.3. The summed E-state index contributed by atoms with van der Waals surface area (Å²) in [4.78, 5) is 1.41. The minimum absolute atomic E-state index is 0.110. The summed E-state index contributed by atoms with van der Waals surface area (Å²) in [5, 5.41) is 89.0. The number of nitrogens with zero attached hydrogens (tertiary/aromatic N) is 1. The van der Waals surface area contributed by atoms with Crippen molar-refractivity contribution >= 4 is 0 Å². The van der Waals surface area contributed by atoms with E-state index in [0.717, 1.165) is 0 Å². The molecule has 224 valence electrons. The Hall–Kier alpha value is -0.560. The van der Waals surface area contributed by atoms with Crippen LogP contribution in [-0.2, 0) is 18.9 Å². The summed E-state index contributed by atoms with van der Waals surface area (Å²) in [5.74, 6) is 0. The van der Waals surface area contributed by atoms with Crippen LogP contribution in [-0.4, -0.2) is 179 Å². The van der Waals surface area contributed by atoms with E-state index in [1.165, 1.54) is 4.90 Å². The van der Waals surface area contributed by atoms with Gasteiger partial charge in [0, 0.05) is 26.2 Å². The van der Waals surface area contributed by atoms with E-state index < -0.39 is 55.4 Å². The van der Waals surface area contributed by atoms with Crippen molar-refractivity contribution in [2.45, 2.75) is 69.1 Å². The molecule has 0 saturated heterocycles. The van der Waals surface area contributed by atoms with E-state index in [-0.39, 0.29) is 39.3 Å². The molecule has 0 fully saturated rings. The van der Waals surface area contributed by atoms with Gasteiger partial charge in [0.1, 0.15) is 30.5 Å². The van der Waals surface area contributed by atoms with Crippen LogP contribution in [0.15, 0.2) is 0 Å². The topological polar surface area (TPSA) is 222 Å². The number of ether oxygens (including phenoxy) is 4. The Bertz CT molecular complexity index is 491. The molecule has 37 heavy (non-hydrogen) atoms. The van der Waals surface area contributed by atoms with Crippen molar-refractivity contribution in [3.8, 4) is 0 Å². The monoisotopic (exact) mass is 547 g/mol. The quantitative estimate of drug-likeness (QED) is 0.0493. The minimum Gasteiger partial charge on any atom is -0.394 e. The molecule has 0 amide bonds. The zero-order valence-electron chi connectivity index (χ0n) is 21.9. The highest BCUT2D eigenvalue weighted by Crippen LogP contribution is 2.11. The maximum absolute atomic E-state index is 10.4. The van der Waals surface area contributed by atoms with Crippen LogP contribution in [0.2, 0.25) is 0 Å². The lowest BCUT2D eigenvalue weighted by molar-refractivity contribution is -0.128. The molecule has 0 aromatic rings. The van der Waals surface area contributed by atoms with Crippen LogP contribution in [0.5, 0.6) is 0 Å². The molecule has 0 aliphatic carbocycles. The van der Waals surface area contributed by atoms with Gasteiger partial charge in [0.2, 0.25) is 0 Å². The van der Waals surface area contributed by atoms with Crippen LogP contribution in [0.1, 0.15) is 20.3 Å².